The van der Waals surface area contributed by atoms with Crippen LogP contribution in [-0.2, 0) is 0 Å². The molecule has 0 amide bonds. The van der Waals surface area contributed by atoms with Gasteiger partial charge in [-0.1, -0.05) is 24.3 Å². The summed E-state index contributed by atoms with van der Waals surface area (Å²) in [4.78, 5) is 8.12. The maximum atomic E-state index is 5.85. The summed E-state index contributed by atoms with van der Waals surface area (Å²) >= 11 is 10.3. The topological polar surface area (TPSA) is 28.7 Å². The first-order valence-electron chi connectivity index (χ1n) is 4.51. The van der Waals surface area contributed by atoms with Gasteiger partial charge in [-0.05, 0) is 23.1 Å². The van der Waals surface area contributed by atoms with Crippen LogP contribution in [0.3, 0.4) is 0 Å². The van der Waals surface area contributed by atoms with E-state index in [1.807, 2.05) is 30.3 Å². The van der Waals surface area contributed by atoms with Gasteiger partial charge in [0.05, 0.1) is 11.0 Å². The van der Waals surface area contributed by atoms with E-state index in [4.69, 9.17) is 11.6 Å². The Morgan fingerprint density at radius 3 is 2.93 bits per heavy atom. The summed E-state index contributed by atoms with van der Waals surface area (Å²) in [5.74, 6) is 0. The third kappa shape index (κ3) is 1.31. The Balaban J connectivity index is 2.63. The molecule has 0 spiro atoms. The van der Waals surface area contributed by atoms with E-state index in [0.29, 0.717) is 5.28 Å². The predicted octanol–water partition coefficient (Wildman–Crippen LogP) is 3.66. The van der Waals surface area contributed by atoms with Gasteiger partial charge in [-0.25, -0.2) is 4.98 Å². The Morgan fingerprint density at radius 2 is 2.07 bits per heavy atom. The molecule has 3 rings (SSSR count). The number of imidazole rings is 1. The highest BCUT2D eigenvalue weighted by atomic mass is 35.5. The number of rotatable bonds is 0. The minimum Gasteiger partial charge on any atom is -0.328 e. The summed E-state index contributed by atoms with van der Waals surface area (Å²) in [6.07, 6.45) is 0. The van der Waals surface area contributed by atoms with Crippen LogP contribution >= 0.6 is 24.2 Å². The quantitative estimate of drug-likeness (QED) is 0.571. The second kappa shape index (κ2) is 3.15. The molecule has 0 unspecified atom stereocenters. The second-order valence-corrected chi connectivity index (χ2v) is 4.21. The van der Waals surface area contributed by atoms with Gasteiger partial charge in [-0.2, -0.15) is 0 Å². The Bertz CT molecular complexity index is 660. The van der Waals surface area contributed by atoms with E-state index in [1.54, 1.807) is 0 Å². The lowest BCUT2D eigenvalue weighted by atomic mass is 10.1. The van der Waals surface area contributed by atoms with Crippen molar-refractivity contribution >= 4 is 46.0 Å². The first-order chi connectivity index (χ1) is 7.25. The van der Waals surface area contributed by atoms with Crippen molar-refractivity contribution in [3.8, 4) is 0 Å². The van der Waals surface area contributed by atoms with Gasteiger partial charge in [0, 0.05) is 10.3 Å². The minimum atomic E-state index is 0.400. The zero-order valence-electron chi connectivity index (χ0n) is 7.66. The molecule has 74 valence electrons. The van der Waals surface area contributed by atoms with Gasteiger partial charge < -0.3 is 4.98 Å². The third-order valence-corrected chi connectivity index (χ3v) is 2.97. The number of nitrogens with zero attached hydrogens (tertiary/aromatic N) is 1. The number of thiol groups is 1. The van der Waals surface area contributed by atoms with Crippen LogP contribution in [0.2, 0.25) is 5.28 Å². The van der Waals surface area contributed by atoms with E-state index in [1.165, 1.54) is 0 Å². The number of hydrogen-bond donors (Lipinski definition) is 2. The Morgan fingerprint density at radius 1 is 1.27 bits per heavy atom. The summed E-state index contributed by atoms with van der Waals surface area (Å²) in [5, 5.41) is 2.61. The fourth-order valence-electron chi connectivity index (χ4n) is 1.78. The second-order valence-electron chi connectivity index (χ2n) is 3.37. The fraction of sp³-hybridized carbons (Fsp3) is 0. The predicted molar refractivity (Wildman–Crippen MR) is 65.9 cm³/mol. The fourth-order valence-corrected chi connectivity index (χ4v) is 2.26. The van der Waals surface area contributed by atoms with Crippen LogP contribution in [-0.4, -0.2) is 9.97 Å². The summed E-state index contributed by atoms with van der Waals surface area (Å²) < 4.78 is 0. The Kier molecular flexibility index (Phi) is 1.90. The van der Waals surface area contributed by atoms with Crippen molar-refractivity contribution in [2.24, 2.45) is 0 Å². The maximum Gasteiger partial charge on any atom is 0.201 e. The van der Waals surface area contributed by atoms with Gasteiger partial charge in [0.25, 0.3) is 0 Å². The molecule has 0 bridgehead atoms. The lowest BCUT2D eigenvalue weighted by molar-refractivity contribution is 1.33. The molecule has 0 aliphatic carbocycles. The van der Waals surface area contributed by atoms with E-state index in [9.17, 15) is 0 Å². The van der Waals surface area contributed by atoms with Crippen LogP contribution in [0.1, 0.15) is 0 Å². The number of aromatic nitrogens is 2. The van der Waals surface area contributed by atoms with Gasteiger partial charge in [0.15, 0.2) is 0 Å². The highest BCUT2D eigenvalue weighted by Gasteiger charge is 2.08. The van der Waals surface area contributed by atoms with Gasteiger partial charge in [-0.3, -0.25) is 0 Å². The molecular formula is C11H7ClN2S. The molecule has 4 heteroatoms. The maximum absolute atomic E-state index is 5.85. The zero-order chi connectivity index (χ0) is 10.4. The van der Waals surface area contributed by atoms with Crippen LogP contribution in [0.25, 0.3) is 21.8 Å². The Labute approximate surface area is 96.7 Å². The molecule has 0 radical (unpaired) electrons. The first-order valence-corrected chi connectivity index (χ1v) is 5.34. The van der Waals surface area contributed by atoms with Crippen molar-refractivity contribution in [1.29, 1.82) is 0 Å². The molecular weight excluding hydrogens is 228 g/mol. The number of fused-ring (bicyclic) bond motifs is 3. The smallest absolute Gasteiger partial charge is 0.201 e. The highest BCUT2D eigenvalue weighted by Crippen LogP contribution is 2.29. The SMILES string of the molecule is Sc1cc2ccccc2c2nc(Cl)[nH]c12. The largest absolute Gasteiger partial charge is 0.328 e. The number of aromatic amines is 1. The molecule has 0 atom stereocenters. The van der Waals surface area contributed by atoms with Gasteiger partial charge >= 0.3 is 0 Å². The summed E-state index contributed by atoms with van der Waals surface area (Å²) in [6, 6.07) is 10.1. The van der Waals surface area contributed by atoms with Gasteiger partial charge in [0.2, 0.25) is 5.28 Å². The van der Waals surface area contributed by atoms with Crippen molar-refractivity contribution in [3.05, 3.63) is 35.6 Å². The number of hydrogen-bond acceptors (Lipinski definition) is 2. The lowest BCUT2D eigenvalue weighted by Crippen LogP contribution is -1.77. The van der Waals surface area contributed by atoms with Crippen molar-refractivity contribution in [1.82, 2.24) is 9.97 Å². The normalized spacial score (nSPS) is 11.3. The van der Waals surface area contributed by atoms with Gasteiger partial charge in [-0.15, -0.1) is 12.6 Å². The molecule has 1 heterocycles. The Hall–Kier alpha value is -1.19. The van der Waals surface area contributed by atoms with Crippen molar-refractivity contribution in [3.63, 3.8) is 0 Å². The highest BCUT2D eigenvalue weighted by molar-refractivity contribution is 7.80. The summed E-state index contributed by atoms with van der Waals surface area (Å²) in [6.45, 7) is 0. The average molecular weight is 235 g/mol. The van der Waals surface area contributed by atoms with Crippen molar-refractivity contribution in [2.75, 3.05) is 0 Å². The van der Waals surface area contributed by atoms with E-state index in [2.05, 4.69) is 22.6 Å². The average Bonchev–Trinajstić information content (AvgIpc) is 2.61. The third-order valence-electron chi connectivity index (χ3n) is 2.44. The molecule has 0 saturated heterocycles. The molecule has 3 aromatic rings. The summed E-state index contributed by atoms with van der Waals surface area (Å²) in [7, 11) is 0. The minimum absolute atomic E-state index is 0.400. The van der Waals surface area contributed by atoms with Crippen LogP contribution < -0.4 is 0 Å². The molecule has 15 heavy (non-hydrogen) atoms. The van der Waals surface area contributed by atoms with E-state index in [0.717, 1.165) is 26.7 Å². The number of benzene rings is 2. The van der Waals surface area contributed by atoms with Crippen molar-refractivity contribution in [2.45, 2.75) is 4.90 Å². The van der Waals surface area contributed by atoms with Crippen LogP contribution in [0.5, 0.6) is 0 Å². The number of nitrogens with one attached hydrogen (secondary N) is 1. The monoisotopic (exact) mass is 234 g/mol. The van der Waals surface area contributed by atoms with Crippen LogP contribution in [0.4, 0.5) is 0 Å². The molecule has 0 saturated carbocycles. The van der Waals surface area contributed by atoms with E-state index >= 15 is 0 Å². The molecule has 1 N–H and O–H groups in total. The number of H-pyrrole nitrogens is 1. The molecule has 2 nitrogen and oxygen atoms in total. The van der Waals surface area contributed by atoms with Gasteiger partial charge in [0.1, 0.15) is 0 Å². The lowest BCUT2D eigenvalue weighted by Gasteiger charge is -2.00. The molecule has 2 aromatic carbocycles. The molecule has 0 aliphatic heterocycles. The van der Waals surface area contributed by atoms with Crippen molar-refractivity contribution < 1.29 is 0 Å². The van der Waals surface area contributed by atoms with E-state index < -0.39 is 0 Å². The molecule has 0 fully saturated rings. The standard InChI is InChI=1S/C11H7ClN2S/c12-11-13-9-7-4-2-1-3-6(7)5-8(15)10(9)14-11/h1-5,15H,(H,13,14). The number of halogens is 1. The zero-order valence-corrected chi connectivity index (χ0v) is 9.31. The van der Waals surface area contributed by atoms with Crippen LogP contribution in [0.15, 0.2) is 35.2 Å². The summed E-state index contributed by atoms with van der Waals surface area (Å²) in [5.41, 5.74) is 1.77. The molecule has 0 aliphatic rings. The first kappa shape index (κ1) is 9.07. The van der Waals surface area contributed by atoms with E-state index in [-0.39, 0.29) is 0 Å². The molecule has 1 aromatic heterocycles. The van der Waals surface area contributed by atoms with Crippen LogP contribution in [0, 0.1) is 0 Å².